The normalized spacial score (nSPS) is 9.81. The highest BCUT2D eigenvalue weighted by molar-refractivity contribution is 6.32. The Morgan fingerprint density at radius 1 is 1.00 bits per heavy atom. The number of carboxylic acid groups (broad SMARTS) is 3. The predicted molar refractivity (Wildman–Crippen MR) is 50.1 cm³/mol. The average Bonchev–Trinajstić information content (AvgIpc) is 2.15. The van der Waals surface area contributed by atoms with E-state index in [0.717, 1.165) is 0 Å². The van der Waals surface area contributed by atoms with Crippen molar-refractivity contribution >= 4 is 29.5 Å². The third-order valence-corrected chi connectivity index (χ3v) is 1.93. The number of aromatic nitrogens is 1. The van der Waals surface area contributed by atoms with Gasteiger partial charge in [0, 0.05) is 0 Å². The molecule has 0 aliphatic rings. The van der Waals surface area contributed by atoms with Crippen molar-refractivity contribution in [1.82, 2.24) is 4.98 Å². The van der Waals surface area contributed by atoms with Gasteiger partial charge in [-0.2, -0.15) is 0 Å². The molecule has 0 atom stereocenters. The second kappa shape index (κ2) is 4.15. The van der Waals surface area contributed by atoms with Crippen LogP contribution in [-0.2, 0) is 0 Å². The first-order valence-electron chi connectivity index (χ1n) is 3.75. The fourth-order valence-electron chi connectivity index (χ4n) is 0.967. The van der Waals surface area contributed by atoms with Crippen molar-refractivity contribution in [2.45, 2.75) is 0 Å². The maximum absolute atomic E-state index is 10.7. The third kappa shape index (κ3) is 2.09. The van der Waals surface area contributed by atoms with Crippen LogP contribution in [0, 0.1) is 0 Å². The quantitative estimate of drug-likeness (QED) is 0.673. The number of carbonyl (C=O) groups is 3. The van der Waals surface area contributed by atoms with Crippen molar-refractivity contribution in [2.24, 2.45) is 0 Å². The number of pyridine rings is 1. The Morgan fingerprint density at radius 2 is 1.50 bits per heavy atom. The zero-order valence-electron chi connectivity index (χ0n) is 7.47. The number of carboxylic acids is 3. The molecule has 1 heterocycles. The van der Waals surface area contributed by atoms with Gasteiger partial charge in [-0.25, -0.2) is 19.4 Å². The van der Waals surface area contributed by atoms with Gasteiger partial charge in [-0.1, -0.05) is 11.6 Å². The summed E-state index contributed by atoms with van der Waals surface area (Å²) in [4.78, 5) is 35.1. The lowest BCUT2D eigenvalue weighted by Gasteiger charge is -2.03. The molecule has 16 heavy (non-hydrogen) atoms. The molecule has 0 aliphatic carbocycles. The van der Waals surface area contributed by atoms with E-state index in [1.165, 1.54) is 0 Å². The number of hydrogen-bond donors (Lipinski definition) is 3. The van der Waals surface area contributed by atoms with Gasteiger partial charge in [-0.05, 0) is 6.07 Å². The second-order valence-corrected chi connectivity index (χ2v) is 3.00. The molecule has 0 aliphatic heterocycles. The standard InChI is InChI=1S/C8H4ClNO6/c9-5-3(7(13)14)1-2(6(11)12)4(10-5)8(15)16/h1H,(H,11,12)(H,13,14)(H,15,16). The maximum atomic E-state index is 10.7. The van der Waals surface area contributed by atoms with Crippen molar-refractivity contribution in [3.63, 3.8) is 0 Å². The Kier molecular flexibility index (Phi) is 3.09. The molecule has 1 aromatic heterocycles. The summed E-state index contributed by atoms with van der Waals surface area (Å²) in [7, 11) is 0. The summed E-state index contributed by atoms with van der Waals surface area (Å²) < 4.78 is 0. The van der Waals surface area contributed by atoms with Gasteiger partial charge in [-0.15, -0.1) is 0 Å². The first-order valence-corrected chi connectivity index (χ1v) is 4.12. The molecule has 0 radical (unpaired) electrons. The molecular formula is C8H4ClNO6. The minimum Gasteiger partial charge on any atom is -0.478 e. The molecule has 0 amide bonds. The number of hydrogen-bond acceptors (Lipinski definition) is 4. The van der Waals surface area contributed by atoms with Crippen molar-refractivity contribution in [1.29, 1.82) is 0 Å². The van der Waals surface area contributed by atoms with Crippen LogP contribution < -0.4 is 0 Å². The van der Waals surface area contributed by atoms with E-state index in [-0.39, 0.29) is 0 Å². The zero-order valence-corrected chi connectivity index (χ0v) is 8.22. The molecule has 84 valence electrons. The molecule has 0 saturated carbocycles. The molecular weight excluding hydrogens is 242 g/mol. The average molecular weight is 246 g/mol. The van der Waals surface area contributed by atoms with E-state index in [9.17, 15) is 14.4 Å². The van der Waals surface area contributed by atoms with Crippen LogP contribution in [0.3, 0.4) is 0 Å². The molecule has 0 fully saturated rings. The van der Waals surface area contributed by atoms with Gasteiger partial charge in [0.25, 0.3) is 0 Å². The van der Waals surface area contributed by atoms with Crippen molar-refractivity contribution < 1.29 is 29.7 Å². The molecule has 1 rings (SSSR count). The Hall–Kier alpha value is -2.15. The Morgan fingerprint density at radius 3 is 1.88 bits per heavy atom. The minimum atomic E-state index is -1.60. The highest BCUT2D eigenvalue weighted by Crippen LogP contribution is 2.18. The van der Waals surface area contributed by atoms with Gasteiger partial charge in [-0.3, -0.25) is 0 Å². The number of halogens is 1. The number of rotatable bonds is 3. The molecule has 0 bridgehead atoms. The fourth-order valence-corrected chi connectivity index (χ4v) is 1.19. The first kappa shape index (κ1) is 11.9. The van der Waals surface area contributed by atoms with Gasteiger partial charge in [0.05, 0.1) is 11.1 Å². The lowest BCUT2D eigenvalue weighted by Crippen LogP contribution is -2.13. The summed E-state index contributed by atoms with van der Waals surface area (Å²) in [5.74, 6) is -4.68. The Bertz CT molecular complexity index is 498. The number of aromatic carboxylic acids is 3. The summed E-state index contributed by atoms with van der Waals surface area (Å²) >= 11 is 5.40. The summed E-state index contributed by atoms with van der Waals surface area (Å²) in [6.07, 6.45) is 0. The largest absolute Gasteiger partial charge is 0.478 e. The van der Waals surface area contributed by atoms with E-state index in [0.29, 0.717) is 6.07 Å². The lowest BCUT2D eigenvalue weighted by atomic mass is 10.1. The van der Waals surface area contributed by atoms with Crippen LogP contribution in [0.15, 0.2) is 6.07 Å². The summed E-state index contributed by atoms with van der Waals surface area (Å²) in [6, 6.07) is 0.656. The van der Waals surface area contributed by atoms with E-state index in [1.54, 1.807) is 0 Å². The molecule has 1 aromatic rings. The smallest absolute Gasteiger partial charge is 0.355 e. The van der Waals surface area contributed by atoms with Crippen LogP contribution >= 0.6 is 11.6 Å². The van der Waals surface area contributed by atoms with Gasteiger partial charge < -0.3 is 15.3 Å². The summed E-state index contributed by atoms with van der Waals surface area (Å²) in [5, 5.41) is 25.4. The molecule has 0 unspecified atom stereocenters. The monoisotopic (exact) mass is 245 g/mol. The molecule has 3 N–H and O–H groups in total. The summed E-state index contributed by atoms with van der Waals surface area (Å²) in [6.45, 7) is 0. The Labute approximate surface area is 92.9 Å². The Balaban J connectivity index is 3.55. The molecule has 8 heteroatoms. The SMILES string of the molecule is O=C(O)c1cc(C(=O)O)c(C(=O)O)nc1Cl. The van der Waals surface area contributed by atoms with E-state index >= 15 is 0 Å². The van der Waals surface area contributed by atoms with Crippen molar-refractivity contribution in [3.05, 3.63) is 28.0 Å². The molecule has 0 aromatic carbocycles. The van der Waals surface area contributed by atoms with Crippen LogP contribution in [0.4, 0.5) is 0 Å². The van der Waals surface area contributed by atoms with Gasteiger partial charge in [0.15, 0.2) is 5.69 Å². The number of nitrogens with zero attached hydrogens (tertiary/aromatic N) is 1. The second-order valence-electron chi connectivity index (χ2n) is 2.64. The van der Waals surface area contributed by atoms with Gasteiger partial charge in [0.2, 0.25) is 0 Å². The van der Waals surface area contributed by atoms with E-state index < -0.39 is 39.9 Å². The van der Waals surface area contributed by atoms with Crippen LogP contribution in [0.1, 0.15) is 31.2 Å². The third-order valence-electron chi connectivity index (χ3n) is 1.64. The molecule has 0 spiro atoms. The minimum absolute atomic E-state index is 0.566. The van der Waals surface area contributed by atoms with Crippen LogP contribution in [-0.4, -0.2) is 38.2 Å². The zero-order chi connectivity index (χ0) is 12.5. The van der Waals surface area contributed by atoms with Gasteiger partial charge >= 0.3 is 17.9 Å². The van der Waals surface area contributed by atoms with Crippen LogP contribution in [0.25, 0.3) is 0 Å². The van der Waals surface area contributed by atoms with Crippen molar-refractivity contribution in [2.75, 3.05) is 0 Å². The molecule has 0 saturated heterocycles. The highest BCUT2D eigenvalue weighted by atomic mass is 35.5. The van der Waals surface area contributed by atoms with Crippen LogP contribution in [0.2, 0.25) is 5.15 Å². The first-order chi connectivity index (χ1) is 7.34. The summed E-state index contributed by atoms with van der Waals surface area (Å²) in [5.41, 5.74) is -2.10. The van der Waals surface area contributed by atoms with Gasteiger partial charge in [0.1, 0.15) is 5.15 Å². The van der Waals surface area contributed by atoms with Crippen LogP contribution in [0.5, 0.6) is 0 Å². The van der Waals surface area contributed by atoms with E-state index in [4.69, 9.17) is 26.9 Å². The molecule has 7 nitrogen and oxygen atoms in total. The topological polar surface area (TPSA) is 125 Å². The van der Waals surface area contributed by atoms with E-state index in [1.807, 2.05) is 0 Å². The fraction of sp³-hybridized carbons (Fsp3) is 0. The predicted octanol–water partition coefficient (Wildman–Crippen LogP) is 0.830. The lowest BCUT2D eigenvalue weighted by molar-refractivity contribution is 0.0643. The van der Waals surface area contributed by atoms with E-state index in [2.05, 4.69) is 4.98 Å². The highest BCUT2D eigenvalue weighted by Gasteiger charge is 2.23. The van der Waals surface area contributed by atoms with Crippen molar-refractivity contribution in [3.8, 4) is 0 Å². The maximum Gasteiger partial charge on any atom is 0.355 e.